The van der Waals surface area contributed by atoms with Gasteiger partial charge in [-0.25, -0.2) is 4.21 Å². The van der Waals surface area contributed by atoms with Crippen LogP contribution in [0.2, 0.25) is 0 Å². The monoisotopic (exact) mass is 576 g/mol. The number of benzene rings is 3. The number of hydrogen-bond acceptors (Lipinski definition) is 6. The van der Waals surface area contributed by atoms with E-state index in [-0.39, 0.29) is 0 Å². The number of hydrogen-bond donors (Lipinski definition) is 1. The number of methoxy groups -OCH3 is 1. The standard InChI is InChI=1S/C21H26N2O2S.C12H18N2O/c1-2-3-6-17-7-9-19(10-8-17)22-26(25)20-11-12-21(18(15-20)16-24)23-13-4-5-14-23;1-13-7-9-14(10-8-13)11-5-3-4-6-12(11)15-2/h7-12,15-16,22H,2-6,13-14H2,1H3;3-6H,7-10H2,1-2H3. The number of carbonyl (C=O) groups is 1. The average Bonchev–Trinajstić information content (AvgIpc) is 3.56. The summed E-state index contributed by atoms with van der Waals surface area (Å²) in [6.07, 6.45) is 6.59. The molecule has 2 aliphatic heterocycles. The molecule has 0 aromatic heterocycles. The van der Waals surface area contributed by atoms with Crippen molar-refractivity contribution in [1.29, 1.82) is 0 Å². The van der Waals surface area contributed by atoms with Crippen LogP contribution in [0.1, 0.15) is 48.5 Å². The number of likely N-dealkylation sites (N-methyl/N-ethyl adjacent to an activating group) is 1. The van der Waals surface area contributed by atoms with E-state index in [1.807, 2.05) is 36.4 Å². The van der Waals surface area contributed by atoms with E-state index in [2.05, 4.69) is 57.7 Å². The molecule has 0 amide bonds. The number of anilines is 3. The number of aldehydes is 1. The van der Waals surface area contributed by atoms with Crippen molar-refractivity contribution in [1.82, 2.24) is 4.90 Å². The lowest BCUT2D eigenvalue weighted by atomic mass is 10.1. The molecule has 220 valence electrons. The van der Waals surface area contributed by atoms with Gasteiger partial charge in [0.1, 0.15) is 16.7 Å². The molecule has 0 radical (unpaired) electrons. The van der Waals surface area contributed by atoms with Gasteiger partial charge in [0.15, 0.2) is 6.29 Å². The first-order chi connectivity index (χ1) is 20.0. The van der Waals surface area contributed by atoms with E-state index >= 15 is 0 Å². The molecule has 3 aromatic rings. The van der Waals surface area contributed by atoms with Crippen LogP contribution in [0.3, 0.4) is 0 Å². The zero-order valence-electron chi connectivity index (χ0n) is 24.7. The molecule has 0 aliphatic carbocycles. The molecule has 3 aromatic carbocycles. The fourth-order valence-electron chi connectivity index (χ4n) is 5.21. The zero-order chi connectivity index (χ0) is 29.0. The van der Waals surface area contributed by atoms with Gasteiger partial charge in [0.2, 0.25) is 0 Å². The third kappa shape index (κ3) is 8.57. The van der Waals surface area contributed by atoms with Crippen molar-refractivity contribution in [3.05, 3.63) is 77.9 Å². The lowest BCUT2D eigenvalue weighted by Crippen LogP contribution is -2.44. The largest absolute Gasteiger partial charge is 0.495 e. The lowest BCUT2D eigenvalue weighted by molar-refractivity contribution is 0.112. The Morgan fingerprint density at radius 2 is 1.56 bits per heavy atom. The molecule has 2 fully saturated rings. The summed E-state index contributed by atoms with van der Waals surface area (Å²) in [5.74, 6) is 0.974. The van der Waals surface area contributed by atoms with Crippen molar-refractivity contribution < 1.29 is 13.7 Å². The summed E-state index contributed by atoms with van der Waals surface area (Å²) in [5, 5.41) is 0. The van der Waals surface area contributed by atoms with Crippen molar-refractivity contribution in [2.45, 2.75) is 43.9 Å². The Hall–Kier alpha value is -3.36. The number of unbranched alkanes of at least 4 members (excludes halogenated alkanes) is 1. The molecular weight excluding hydrogens is 532 g/mol. The van der Waals surface area contributed by atoms with Crippen molar-refractivity contribution in [3.63, 3.8) is 0 Å². The van der Waals surface area contributed by atoms with E-state index in [1.54, 1.807) is 13.2 Å². The number of nitrogens with zero attached hydrogens (tertiary/aromatic N) is 3. The molecule has 1 atom stereocenters. The fourth-order valence-corrected chi connectivity index (χ4v) is 6.11. The van der Waals surface area contributed by atoms with Crippen LogP contribution >= 0.6 is 0 Å². The highest BCUT2D eigenvalue weighted by atomic mass is 32.2. The first-order valence-corrected chi connectivity index (χ1v) is 15.9. The first kappa shape index (κ1) is 30.6. The Morgan fingerprint density at radius 1 is 0.878 bits per heavy atom. The molecule has 1 unspecified atom stereocenters. The van der Waals surface area contributed by atoms with Crippen molar-refractivity contribution >= 4 is 34.3 Å². The van der Waals surface area contributed by atoms with Gasteiger partial charge in [0, 0.05) is 56.2 Å². The second kappa shape index (κ2) is 15.6. The normalized spacial score (nSPS) is 16.1. The maximum atomic E-state index is 12.6. The lowest BCUT2D eigenvalue weighted by Gasteiger charge is -2.34. The van der Waals surface area contributed by atoms with E-state index in [1.165, 1.54) is 24.1 Å². The molecule has 41 heavy (non-hydrogen) atoms. The number of rotatable bonds is 10. The van der Waals surface area contributed by atoms with E-state index in [0.717, 1.165) is 81.9 Å². The van der Waals surface area contributed by atoms with Gasteiger partial charge in [-0.05, 0) is 80.8 Å². The van der Waals surface area contributed by atoms with Gasteiger partial charge in [-0.1, -0.05) is 37.6 Å². The molecule has 5 rings (SSSR count). The van der Waals surface area contributed by atoms with Crippen LogP contribution < -0.4 is 19.3 Å². The Labute approximate surface area is 248 Å². The number of ether oxygens (including phenoxy) is 1. The van der Waals surface area contributed by atoms with Crippen LogP contribution in [0.4, 0.5) is 17.1 Å². The Morgan fingerprint density at radius 3 is 2.22 bits per heavy atom. The number of para-hydroxylation sites is 2. The van der Waals surface area contributed by atoms with Crippen molar-refractivity contribution in [2.75, 3.05) is 67.9 Å². The van der Waals surface area contributed by atoms with E-state index in [0.29, 0.717) is 10.5 Å². The molecule has 2 aliphatic rings. The van der Waals surface area contributed by atoms with Crippen LogP contribution in [0.5, 0.6) is 5.75 Å². The molecule has 2 saturated heterocycles. The summed E-state index contributed by atoms with van der Waals surface area (Å²) in [4.78, 5) is 19.1. The first-order valence-electron chi connectivity index (χ1n) is 14.7. The van der Waals surface area contributed by atoms with Gasteiger partial charge in [0.05, 0.1) is 17.7 Å². The van der Waals surface area contributed by atoms with Crippen molar-refractivity contribution in [2.24, 2.45) is 0 Å². The summed E-state index contributed by atoms with van der Waals surface area (Å²) in [7, 11) is 2.50. The van der Waals surface area contributed by atoms with Gasteiger partial charge in [0.25, 0.3) is 0 Å². The van der Waals surface area contributed by atoms with E-state index < -0.39 is 11.0 Å². The number of piperazine rings is 1. The van der Waals surface area contributed by atoms with Gasteiger partial charge in [-0.3, -0.25) is 4.79 Å². The SMILES string of the molecule is CCCCc1ccc(NS(=O)c2ccc(N3CCCC3)c(C=O)c2)cc1.COc1ccccc1N1CCN(C)CC1. The second-order valence-corrected chi connectivity index (χ2v) is 11.9. The summed E-state index contributed by atoms with van der Waals surface area (Å²) < 4.78 is 21.0. The predicted molar refractivity (Wildman–Crippen MR) is 171 cm³/mol. The molecule has 0 spiro atoms. The summed E-state index contributed by atoms with van der Waals surface area (Å²) in [6, 6.07) is 21.8. The molecule has 2 heterocycles. The molecular formula is C33H44N4O3S. The van der Waals surface area contributed by atoms with E-state index in [4.69, 9.17) is 4.74 Å². The van der Waals surface area contributed by atoms with Gasteiger partial charge < -0.3 is 24.2 Å². The van der Waals surface area contributed by atoms with Gasteiger partial charge >= 0.3 is 0 Å². The highest BCUT2D eigenvalue weighted by Gasteiger charge is 2.18. The summed E-state index contributed by atoms with van der Waals surface area (Å²) in [6.45, 7) is 8.54. The predicted octanol–water partition coefficient (Wildman–Crippen LogP) is 6.02. The quantitative estimate of drug-likeness (QED) is 0.298. The molecule has 0 bridgehead atoms. The number of aryl methyl sites for hydroxylation is 1. The third-order valence-electron chi connectivity index (χ3n) is 7.70. The van der Waals surface area contributed by atoms with Crippen LogP contribution in [0, 0.1) is 0 Å². The molecule has 0 saturated carbocycles. The number of carbonyl (C=O) groups excluding carboxylic acids is 1. The minimum absolute atomic E-state index is 0.606. The highest BCUT2D eigenvalue weighted by molar-refractivity contribution is 7.86. The van der Waals surface area contributed by atoms with Crippen LogP contribution in [-0.4, -0.2) is 68.8 Å². The fraction of sp³-hybridized carbons (Fsp3) is 0.424. The molecule has 7 nitrogen and oxygen atoms in total. The Balaban J connectivity index is 0.000000218. The maximum absolute atomic E-state index is 12.6. The zero-order valence-corrected chi connectivity index (χ0v) is 25.5. The topological polar surface area (TPSA) is 65.1 Å². The van der Waals surface area contributed by atoms with Crippen molar-refractivity contribution in [3.8, 4) is 5.75 Å². The third-order valence-corrected chi connectivity index (χ3v) is 8.80. The smallest absolute Gasteiger partial charge is 0.152 e. The van der Waals surface area contributed by atoms with Gasteiger partial charge in [-0.15, -0.1) is 0 Å². The van der Waals surface area contributed by atoms with Crippen LogP contribution in [-0.2, 0) is 17.4 Å². The van der Waals surface area contributed by atoms with E-state index in [9.17, 15) is 9.00 Å². The minimum Gasteiger partial charge on any atom is -0.495 e. The average molecular weight is 577 g/mol. The summed E-state index contributed by atoms with van der Waals surface area (Å²) in [5.41, 5.74) is 4.88. The maximum Gasteiger partial charge on any atom is 0.152 e. The second-order valence-electron chi connectivity index (χ2n) is 10.7. The highest BCUT2D eigenvalue weighted by Crippen LogP contribution is 2.28. The summed E-state index contributed by atoms with van der Waals surface area (Å²) >= 11 is 0. The Bertz CT molecular complexity index is 1270. The molecule has 1 N–H and O–H groups in total. The van der Waals surface area contributed by atoms with Crippen LogP contribution in [0.15, 0.2) is 71.6 Å². The Kier molecular flexibility index (Phi) is 11.6. The van der Waals surface area contributed by atoms with Gasteiger partial charge in [-0.2, -0.15) is 0 Å². The minimum atomic E-state index is -1.40. The van der Waals surface area contributed by atoms with Crippen LogP contribution in [0.25, 0.3) is 0 Å². The molecule has 8 heteroatoms. The number of nitrogens with one attached hydrogen (secondary N) is 1.